The predicted octanol–water partition coefficient (Wildman–Crippen LogP) is 1.37. The van der Waals surface area contributed by atoms with Gasteiger partial charge in [0.1, 0.15) is 0 Å². The van der Waals surface area contributed by atoms with E-state index < -0.39 is 11.3 Å². The topological polar surface area (TPSA) is 148 Å². The van der Waals surface area contributed by atoms with Crippen molar-refractivity contribution in [2.75, 3.05) is 7.11 Å². The first-order chi connectivity index (χ1) is 14.8. The number of methoxy groups -OCH3 is 1. The molecule has 1 saturated carbocycles. The summed E-state index contributed by atoms with van der Waals surface area (Å²) in [5.74, 6) is -0.479. The van der Waals surface area contributed by atoms with E-state index in [1.807, 2.05) is 12.1 Å². The number of carbonyl (C=O) groups is 3. The third-order valence-corrected chi connectivity index (χ3v) is 7.48. The maximum Gasteiger partial charge on any atom is 0.227 e. The lowest BCUT2D eigenvalue weighted by molar-refractivity contribution is -0.129. The highest BCUT2D eigenvalue weighted by molar-refractivity contribution is 5.96. The number of ether oxygens (including phenoxy) is 1. The van der Waals surface area contributed by atoms with E-state index in [1.54, 1.807) is 6.08 Å². The summed E-state index contributed by atoms with van der Waals surface area (Å²) in [4.78, 5) is 38.2. The summed E-state index contributed by atoms with van der Waals surface area (Å²) in [7, 11) is 1.49. The number of rotatable bonds is 4. The Morgan fingerprint density at radius 2 is 1.70 bits per heavy atom. The van der Waals surface area contributed by atoms with Gasteiger partial charge in [0.2, 0.25) is 11.8 Å². The Morgan fingerprint density at radius 3 is 2.33 bits per heavy atom. The summed E-state index contributed by atoms with van der Waals surface area (Å²) in [5, 5.41) is 6.23. The quantitative estimate of drug-likeness (QED) is 0.698. The second-order valence-electron chi connectivity index (χ2n) is 9.48. The highest BCUT2D eigenvalue weighted by Crippen LogP contribution is 2.55. The van der Waals surface area contributed by atoms with Crippen LogP contribution in [0.15, 0.2) is 36.1 Å². The molecule has 5 atom stereocenters. The lowest BCUT2D eigenvalue weighted by atomic mass is 9.67. The number of nitrogens with one attached hydrogen (secondary N) is 2. The highest BCUT2D eigenvalue weighted by atomic mass is 16.5. The number of hydrogen-bond acceptors (Lipinski definition) is 4. The molecule has 1 fully saturated rings. The van der Waals surface area contributed by atoms with Crippen molar-refractivity contribution in [2.24, 2.45) is 11.3 Å². The van der Waals surface area contributed by atoms with E-state index in [0.717, 1.165) is 37.7 Å². The van der Waals surface area contributed by atoms with Crippen LogP contribution in [-0.2, 0) is 25.5 Å². The Balaban J connectivity index is 0.00000193. The zero-order valence-corrected chi connectivity index (χ0v) is 19.6. The molecule has 0 heterocycles. The molecule has 182 valence electrons. The molecule has 0 aliphatic heterocycles. The van der Waals surface area contributed by atoms with Crippen LogP contribution >= 0.6 is 0 Å². The molecule has 3 aliphatic carbocycles. The van der Waals surface area contributed by atoms with Gasteiger partial charge in [-0.05, 0) is 47.8 Å². The summed E-state index contributed by atoms with van der Waals surface area (Å²) in [6, 6.07) is 8.04. The van der Waals surface area contributed by atoms with Crippen LogP contribution in [0.1, 0.15) is 63.0 Å². The summed E-state index contributed by atoms with van der Waals surface area (Å²) in [6.07, 6.45) is 6.58. The Bertz CT molecular complexity index is 929. The molecule has 1 aromatic carbocycles. The van der Waals surface area contributed by atoms with E-state index in [-0.39, 0.29) is 52.3 Å². The number of carbonyl (C=O) groups excluding carboxylic acids is 3. The smallest absolute Gasteiger partial charge is 0.227 e. The van der Waals surface area contributed by atoms with Crippen LogP contribution in [0.4, 0.5) is 0 Å². The van der Waals surface area contributed by atoms with Gasteiger partial charge in [-0.2, -0.15) is 0 Å². The van der Waals surface area contributed by atoms with Gasteiger partial charge in [-0.15, -0.1) is 0 Å². The van der Waals surface area contributed by atoms with E-state index in [9.17, 15) is 14.4 Å². The van der Waals surface area contributed by atoms with Crippen molar-refractivity contribution >= 4 is 17.6 Å². The summed E-state index contributed by atoms with van der Waals surface area (Å²) >= 11 is 0. The molecule has 2 amide bonds. The average Bonchev–Trinajstić information content (AvgIpc) is 2.95. The molecule has 6 N–H and O–H groups in total. The van der Waals surface area contributed by atoms with Gasteiger partial charge < -0.3 is 26.3 Å². The van der Waals surface area contributed by atoms with Gasteiger partial charge in [-0.3, -0.25) is 14.4 Å². The van der Waals surface area contributed by atoms with Crippen molar-refractivity contribution in [3.8, 4) is 0 Å². The van der Waals surface area contributed by atoms with Crippen molar-refractivity contribution < 1.29 is 30.1 Å². The minimum absolute atomic E-state index is 0. The van der Waals surface area contributed by atoms with Crippen molar-refractivity contribution in [3.05, 3.63) is 47.2 Å². The van der Waals surface area contributed by atoms with Crippen molar-refractivity contribution in [1.29, 1.82) is 0 Å². The van der Waals surface area contributed by atoms with Crippen LogP contribution in [0.2, 0.25) is 0 Å². The fourth-order valence-electron chi connectivity index (χ4n) is 5.88. The summed E-state index contributed by atoms with van der Waals surface area (Å²) in [5.41, 5.74) is 1.96. The number of hydrogen-bond donors (Lipinski definition) is 2. The van der Waals surface area contributed by atoms with Gasteiger partial charge in [0.25, 0.3) is 0 Å². The minimum Gasteiger partial charge on any atom is -0.493 e. The second kappa shape index (κ2) is 10.5. The monoisotopic (exact) mass is 460 g/mol. The Morgan fingerprint density at radius 1 is 1.06 bits per heavy atom. The molecule has 8 heteroatoms. The Kier molecular flexibility index (Phi) is 8.43. The van der Waals surface area contributed by atoms with E-state index in [1.165, 1.54) is 19.6 Å². The van der Waals surface area contributed by atoms with Gasteiger partial charge >= 0.3 is 0 Å². The van der Waals surface area contributed by atoms with E-state index in [2.05, 4.69) is 29.7 Å². The number of Topliss-reactive ketones (excluding diaryl/α,β-unsaturated/α-hetero) is 1. The molecule has 1 aromatic rings. The molecular weight excluding hydrogens is 424 g/mol. The Hall–Kier alpha value is -2.71. The first kappa shape index (κ1) is 26.5. The third kappa shape index (κ3) is 4.96. The fraction of sp³-hybridized carbons (Fsp3) is 0.560. The van der Waals surface area contributed by atoms with Crippen LogP contribution in [0.25, 0.3) is 0 Å². The molecule has 3 aliphatic rings. The predicted molar refractivity (Wildman–Crippen MR) is 124 cm³/mol. The molecule has 0 saturated heterocycles. The van der Waals surface area contributed by atoms with Crippen LogP contribution < -0.4 is 10.6 Å². The van der Waals surface area contributed by atoms with Crippen LogP contribution in [0.3, 0.4) is 0 Å². The zero-order valence-electron chi connectivity index (χ0n) is 19.6. The molecule has 8 nitrogen and oxygen atoms in total. The summed E-state index contributed by atoms with van der Waals surface area (Å²) in [6.45, 7) is 3.63. The molecule has 0 bridgehead atoms. The van der Waals surface area contributed by atoms with Crippen LogP contribution in [-0.4, -0.2) is 47.7 Å². The molecule has 0 unspecified atom stereocenters. The largest absolute Gasteiger partial charge is 0.493 e. The van der Waals surface area contributed by atoms with Crippen molar-refractivity contribution in [1.82, 2.24) is 10.6 Å². The molecule has 4 rings (SSSR count). The fourth-order valence-corrected chi connectivity index (χ4v) is 5.88. The van der Waals surface area contributed by atoms with Crippen molar-refractivity contribution in [2.45, 2.75) is 70.4 Å². The van der Waals surface area contributed by atoms with Crippen molar-refractivity contribution in [3.63, 3.8) is 0 Å². The second-order valence-corrected chi connectivity index (χ2v) is 9.48. The molecule has 0 spiro atoms. The van der Waals surface area contributed by atoms with Crippen LogP contribution in [0.5, 0.6) is 0 Å². The maximum absolute atomic E-state index is 13.7. The Labute approximate surface area is 194 Å². The zero-order chi connectivity index (χ0) is 22.2. The number of fused-ring (bicyclic) bond motifs is 3. The highest BCUT2D eigenvalue weighted by Gasteiger charge is 2.52. The molecule has 0 aromatic heterocycles. The van der Waals surface area contributed by atoms with Crippen LogP contribution in [0, 0.1) is 11.3 Å². The van der Waals surface area contributed by atoms with Gasteiger partial charge in [-0.25, -0.2) is 0 Å². The van der Waals surface area contributed by atoms with E-state index >= 15 is 0 Å². The van der Waals surface area contributed by atoms with Gasteiger partial charge in [0.15, 0.2) is 11.5 Å². The third-order valence-electron chi connectivity index (χ3n) is 7.48. The standard InChI is InChI=1S/C25H32N2O4.2H2O/c1-15(28)26-20-10-6-7-11-21(20)27-24(30)19-13-23(31-3)22(29)12-18-17-9-5-4-8-16(17)14-25(18,19)2;;/h4-5,8-9,13,18-21H,6-7,10-12,14H2,1-3H3,(H,26,28)(H,27,30);2*1H2/t18-,19-,20+,21+,25+;;/m1../s1. The first-order valence-electron chi connectivity index (χ1n) is 11.3. The van der Waals surface area contributed by atoms with Gasteiger partial charge in [-0.1, -0.05) is 44.0 Å². The average molecular weight is 461 g/mol. The number of amides is 2. The molecular formula is C25H36N2O6. The SMILES string of the molecule is COC1=C[C@H](C(=O)N[C@H]2CCCC[C@@H]2NC(C)=O)[C@@]2(C)Cc3ccccc3[C@H]2CC1=O.O.O. The number of ketones is 1. The lowest BCUT2D eigenvalue weighted by Crippen LogP contribution is -2.55. The number of benzene rings is 1. The van der Waals surface area contributed by atoms with Gasteiger partial charge in [0.05, 0.1) is 13.0 Å². The lowest BCUT2D eigenvalue weighted by Gasteiger charge is -2.38. The van der Waals surface area contributed by atoms with Gasteiger partial charge in [0, 0.05) is 25.4 Å². The molecule has 0 radical (unpaired) electrons. The maximum atomic E-state index is 13.7. The molecule has 33 heavy (non-hydrogen) atoms. The minimum atomic E-state index is -0.494. The summed E-state index contributed by atoms with van der Waals surface area (Å²) < 4.78 is 5.40. The van der Waals surface area contributed by atoms with E-state index in [0.29, 0.717) is 6.42 Å². The number of allylic oxidation sites excluding steroid dienone is 1. The van der Waals surface area contributed by atoms with E-state index in [4.69, 9.17) is 4.74 Å². The first-order valence-corrected chi connectivity index (χ1v) is 11.3. The normalized spacial score (nSPS) is 30.3.